The molecule has 2 amide bonds. The predicted octanol–water partition coefficient (Wildman–Crippen LogP) is 4.55. The first-order chi connectivity index (χ1) is 15.2. The van der Waals surface area contributed by atoms with Crippen molar-refractivity contribution in [2.45, 2.75) is 65.7 Å². The maximum absolute atomic E-state index is 13.5. The molecule has 4 fully saturated rings. The second-order valence-electron chi connectivity index (χ2n) is 10.7. The Morgan fingerprint density at radius 2 is 1.59 bits per heavy atom. The molecule has 5 rings (SSSR count). The number of hydrogen-bond donors (Lipinski definition) is 2. The van der Waals surface area contributed by atoms with Crippen LogP contribution < -0.4 is 10.6 Å². The molecule has 0 aromatic heterocycles. The smallest absolute Gasteiger partial charge is 0.338 e. The van der Waals surface area contributed by atoms with Crippen LogP contribution in [0.5, 0.6) is 0 Å². The van der Waals surface area contributed by atoms with Crippen LogP contribution in [0.15, 0.2) is 24.3 Å². The minimum Gasteiger partial charge on any atom is -0.462 e. The molecule has 32 heavy (non-hydrogen) atoms. The molecule has 1 aromatic carbocycles. The SMILES string of the molecule is CCOC(=O)c1ccc(NC(=O)C23CC4CC(CC(C(=O)NCCC(C)C)(C4)C2)C3)cc1. The van der Waals surface area contributed by atoms with Crippen molar-refractivity contribution in [3.05, 3.63) is 29.8 Å². The summed E-state index contributed by atoms with van der Waals surface area (Å²) in [5.41, 5.74) is 0.275. The molecule has 0 radical (unpaired) electrons. The van der Waals surface area contributed by atoms with Gasteiger partial charge >= 0.3 is 5.97 Å². The van der Waals surface area contributed by atoms with Crippen LogP contribution in [0.25, 0.3) is 0 Å². The summed E-state index contributed by atoms with van der Waals surface area (Å²) in [6.07, 6.45) is 6.34. The number of esters is 1. The molecule has 4 aliphatic carbocycles. The molecule has 1 aromatic rings. The van der Waals surface area contributed by atoms with E-state index in [1.807, 2.05) is 0 Å². The lowest BCUT2D eigenvalue weighted by molar-refractivity contribution is -0.164. The predicted molar refractivity (Wildman–Crippen MR) is 123 cm³/mol. The summed E-state index contributed by atoms with van der Waals surface area (Å²) in [5.74, 6) is 1.27. The van der Waals surface area contributed by atoms with Gasteiger partial charge in [0.2, 0.25) is 11.8 Å². The third-order valence-corrected chi connectivity index (χ3v) is 7.69. The average Bonchev–Trinajstić information content (AvgIpc) is 2.73. The van der Waals surface area contributed by atoms with E-state index in [0.29, 0.717) is 48.6 Å². The second-order valence-corrected chi connectivity index (χ2v) is 10.7. The highest BCUT2D eigenvalue weighted by Crippen LogP contribution is 2.65. The van der Waals surface area contributed by atoms with E-state index < -0.39 is 10.8 Å². The van der Waals surface area contributed by atoms with Gasteiger partial charge in [0, 0.05) is 12.2 Å². The zero-order valence-corrected chi connectivity index (χ0v) is 19.5. The number of rotatable bonds is 8. The molecular weight excluding hydrogens is 404 g/mol. The van der Waals surface area contributed by atoms with E-state index in [-0.39, 0.29) is 17.8 Å². The molecule has 2 atom stereocenters. The number of ether oxygens (including phenoxy) is 1. The monoisotopic (exact) mass is 440 g/mol. The van der Waals surface area contributed by atoms with Gasteiger partial charge in [0.05, 0.1) is 23.0 Å². The van der Waals surface area contributed by atoms with Crippen molar-refractivity contribution in [2.24, 2.45) is 28.6 Å². The van der Waals surface area contributed by atoms with Crippen LogP contribution in [0.1, 0.15) is 76.1 Å². The van der Waals surface area contributed by atoms with Gasteiger partial charge in [0.25, 0.3) is 0 Å². The summed E-state index contributed by atoms with van der Waals surface area (Å²) in [6, 6.07) is 6.85. The quantitative estimate of drug-likeness (QED) is 0.581. The molecule has 6 nitrogen and oxygen atoms in total. The first kappa shape index (κ1) is 22.8. The maximum atomic E-state index is 13.5. The Bertz CT molecular complexity index is 862. The number of benzene rings is 1. The highest BCUT2D eigenvalue weighted by Gasteiger charge is 2.63. The zero-order valence-electron chi connectivity index (χ0n) is 19.5. The fourth-order valence-electron chi connectivity index (χ4n) is 6.62. The molecule has 2 unspecified atom stereocenters. The highest BCUT2D eigenvalue weighted by molar-refractivity contribution is 5.97. The van der Waals surface area contributed by atoms with E-state index in [4.69, 9.17) is 4.74 Å². The Morgan fingerprint density at radius 1 is 1.00 bits per heavy atom. The molecule has 0 saturated heterocycles. The molecule has 4 saturated carbocycles. The Hall–Kier alpha value is -2.37. The van der Waals surface area contributed by atoms with Gasteiger partial charge in [-0.15, -0.1) is 0 Å². The molecule has 0 spiro atoms. The normalized spacial score (nSPS) is 30.2. The summed E-state index contributed by atoms with van der Waals surface area (Å²) in [5, 5.41) is 6.28. The largest absolute Gasteiger partial charge is 0.462 e. The lowest BCUT2D eigenvalue weighted by Crippen LogP contribution is -2.60. The van der Waals surface area contributed by atoms with Crippen molar-refractivity contribution >= 4 is 23.5 Å². The van der Waals surface area contributed by atoms with Gasteiger partial charge < -0.3 is 15.4 Å². The highest BCUT2D eigenvalue weighted by atomic mass is 16.5. The first-order valence-corrected chi connectivity index (χ1v) is 12.1. The number of carbonyl (C=O) groups excluding carboxylic acids is 3. The topological polar surface area (TPSA) is 84.5 Å². The van der Waals surface area contributed by atoms with Crippen molar-refractivity contribution in [2.75, 3.05) is 18.5 Å². The molecule has 4 aliphatic rings. The van der Waals surface area contributed by atoms with Gasteiger partial charge in [0.1, 0.15) is 0 Å². The van der Waals surface area contributed by atoms with Gasteiger partial charge in [-0.3, -0.25) is 9.59 Å². The van der Waals surface area contributed by atoms with Gasteiger partial charge in [-0.2, -0.15) is 0 Å². The molecule has 174 valence electrons. The van der Waals surface area contributed by atoms with E-state index in [1.54, 1.807) is 31.2 Å². The summed E-state index contributed by atoms with van der Waals surface area (Å²) in [6.45, 7) is 7.13. The van der Waals surface area contributed by atoms with Crippen LogP contribution in [0.4, 0.5) is 5.69 Å². The van der Waals surface area contributed by atoms with Crippen molar-refractivity contribution in [3.8, 4) is 0 Å². The van der Waals surface area contributed by atoms with Crippen LogP contribution in [0.3, 0.4) is 0 Å². The zero-order chi connectivity index (χ0) is 22.9. The van der Waals surface area contributed by atoms with Gasteiger partial charge in [-0.1, -0.05) is 13.8 Å². The third kappa shape index (κ3) is 4.41. The number of nitrogens with one attached hydrogen (secondary N) is 2. The van der Waals surface area contributed by atoms with E-state index in [0.717, 1.165) is 38.5 Å². The van der Waals surface area contributed by atoms with Crippen molar-refractivity contribution in [3.63, 3.8) is 0 Å². The van der Waals surface area contributed by atoms with Crippen molar-refractivity contribution in [1.82, 2.24) is 5.32 Å². The van der Waals surface area contributed by atoms with Gasteiger partial charge in [-0.05, 0) is 93.9 Å². The standard InChI is InChI=1S/C26H36N2O4/c1-4-32-22(29)20-5-7-21(8-6-20)28-24(31)26-14-18-11-19(15-26)13-25(12-18,16-26)23(30)27-10-9-17(2)3/h5-8,17-19H,4,9-16H2,1-3H3,(H,27,30)(H,28,31). The summed E-state index contributed by atoms with van der Waals surface area (Å²) in [7, 11) is 0. The second kappa shape index (κ2) is 8.87. The number of anilines is 1. The number of hydrogen-bond acceptors (Lipinski definition) is 4. The lowest BCUT2D eigenvalue weighted by atomic mass is 9.43. The molecule has 2 N–H and O–H groups in total. The molecule has 6 heteroatoms. The van der Waals surface area contributed by atoms with E-state index >= 15 is 0 Å². The fraction of sp³-hybridized carbons (Fsp3) is 0.654. The minimum atomic E-state index is -0.473. The molecule has 0 aliphatic heterocycles. The molecule has 4 bridgehead atoms. The van der Waals surface area contributed by atoms with Gasteiger partial charge in [-0.25, -0.2) is 4.79 Å². The summed E-state index contributed by atoms with van der Waals surface area (Å²) in [4.78, 5) is 38.7. The van der Waals surface area contributed by atoms with Crippen LogP contribution in [-0.4, -0.2) is 30.9 Å². The third-order valence-electron chi connectivity index (χ3n) is 7.69. The van der Waals surface area contributed by atoms with Crippen LogP contribution in [0.2, 0.25) is 0 Å². The Morgan fingerprint density at radius 3 is 2.16 bits per heavy atom. The van der Waals surface area contributed by atoms with E-state index in [1.165, 1.54) is 0 Å². The molecule has 0 heterocycles. The number of carbonyl (C=O) groups is 3. The van der Waals surface area contributed by atoms with Crippen molar-refractivity contribution in [1.29, 1.82) is 0 Å². The summed E-state index contributed by atoms with van der Waals surface area (Å²) >= 11 is 0. The van der Waals surface area contributed by atoms with Crippen LogP contribution in [0, 0.1) is 28.6 Å². The number of amides is 2. The van der Waals surface area contributed by atoms with Crippen LogP contribution in [-0.2, 0) is 14.3 Å². The lowest BCUT2D eigenvalue weighted by Gasteiger charge is -2.60. The van der Waals surface area contributed by atoms with Crippen molar-refractivity contribution < 1.29 is 19.1 Å². The Balaban J connectivity index is 1.46. The average molecular weight is 441 g/mol. The fourth-order valence-corrected chi connectivity index (χ4v) is 6.62. The molecular formula is C26H36N2O4. The maximum Gasteiger partial charge on any atom is 0.338 e. The Kier molecular flexibility index (Phi) is 6.33. The summed E-state index contributed by atoms with van der Waals surface area (Å²) < 4.78 is 5.02. The minimum absolute atomic E-state index is 0.0230. The van der Waals surface area contributed by atoms with E-state index in [9.17, 15) is 14.4 Å². The first-order valence-electron chi connectivity index (χ1n) is 12.1. The van der Waals surface area contributed by atoms with E-state index in [2.05, 4.69) is 24.5 Å². The van der Waals surface area contributed by atoms with Crippen LogP contribution >= 0.6 is 0 Å². The van der Waals surface area contributed by atoms with Gasteiger partial charge in [0.15, 0.2) is 0 Å². The Labute approximate surface area is 190 Å².